The van der Waals surface area contributed by atoms with E-state index >= 15 is 0 Å². The van der Waals surface area contributed by atoms with Gasteiger partial charge in [-0.15, -0.1) is 0 Å². The highest BCUT2D eigenvalue weighted by atomic mass is 32.2. The molecule has 1 fully saturated rings. The molecule has 1 aliphatic rings. The number of carbonyl (C=O) groups excluding carboxylic acids is 1. The number of carbonyl (C=O) groups is 1. The number of aryl methyl sites for hydroxylation is 1. The summed E-state index contributed by atoms with van der Waals surface area (Å²) in [4.78, 5) is 15.4. The molecule has 1 saturated heterocycles. The lowest BCUT2D eigenvalue weighted by molar-refractivity contribution is -0.123. The molecule has 1 amide bonds. The summed E-state index contributed by atoms with van der Waals surface area (Å²) < 4.78 is 28.4. The molecule has 0 aromatic heterocycles. The molecule has 29 heavy (non-hydrogen) atoms. The predicted octanol–water partition coefficient (Wildman–Crippen LogP) is 2.10. The van der Waals surface area contributed by atoms with E-state index < -0.39 is 16.1 Å². The van der Waals surface area contributed by atoms with Gasteiger partial charge in [0, 0.05) is 6.04 Å². The molecule has 2 aromatic rings. The second-order valence-electron chi connectivity index (χ2n) is 7.76. The highest BCUT2D eigenvalue weighted by molar-refractivity contribution is 7.89. The van der Waals surface area contributed by atoms with Crippen molar-refractivity contribution in [2.75, 3.05) is 20.1 Å². The average Bonchev–Trinajstić information content (AvgIpc) is 2.70. The molecule has 0 spiro atoms. The number of benzene rings is 2. The maximum atomic E-state index is 13.0. The Morgan fingerprint density at radius 3 is 2.31 bits per heavy atom. The van der Waals surface area contributed by atoms with Gasteiger partial charge in [-0.2, -0.15) is 4.72 Å². The van der Waals surface area contributed by atoms with Crippen LogP contribution >= 0.6 is 0 Å². The molecule has 156 valence electrons. The summed E-state index contributed by atoms with van der Waals surface area (Å²) in [5.74, 6) is -0.279. The van der Waals surface area contributed by atoms with Crippen LogP contribution in [0.2, 0.25) is 0 Å². The number of hydrogen-bond donors (Lipinski definition) is 2. The molecular weight excluding hydrogens is 386 g/mol. The van der Waals surface area contributed by atoms with E-state index in [1.165, 1.54) is 0 Å². The summed E-state index contributed by atoms with van der Waals surface area (Å²) in [6.07, 6.45) is 2.03. The highest BCUT2D eigenvalue weighted by Gasteiger charge is 2.28. The topological polar surface area (TPSA) is 78.5 Å². The van der Waals surface area contributed by atoms with Crippen LogP contribution in [-0.4, -0.2) is 51.4 Å². The van der Waals surface area contributed by atoms with Crippen molar-refractivity contribution in [2.24, 2.45) is 0 Å². The maximum Gasteiger partial charge on any atom is 0.241 e. The van der Waals surface area contributed by atoms with Gasteiger partial charge in [0.15, 0.2) is 0 Å². The van der Waals surface area contributed by atoms with Gasteiger partial charge >= 0.3 is 0 Å². The Labute approximate surface area is 173 Å². The third-order valence-corrected chi connectivity index (χ3v) is 6.78. The third kappa shape index (κ3) is 6.13. The lowest BCUT2D eigenvalue weighted by Gasteiger charge is -2.30. The Hall–Kier alpha value is -2.22. The molecular formula is C22H29N3O3S. The van der Waals surface area contributed by atoms with Crippen LogP contribution in [0.5, 0.6) is 0 Å². The second kappa shape index (κ2) is 9.52. The first-order chi connectivity index (χ1) is 13.8. The Bertz CT molecular complexity index is 906. The molecule has 0 radical (unpaired) electrons. The van der Waals surface area contributed by atoms with E-state index in [-0.39, 0.29) is 16.8 Å². The smallest absolute Gasteiger partial charge is 0.241 e. The van der Waals surface area contributed by atoms with Crippen LogP contribution in [0.25, 0.3) is 0 Å². The molecule has 2 N–H and O–H groups in total. The fourth-order valence-corrected chi connectivity index (χ4v) is 4.66. The zero-order valence-corrected chi connectivity index (χ0v) is 17.8. The van der Waals surface area contributed by atoms with Crippen molar-refractivity contribution in [3.8, 4) is 0 Å². The van der Waals surface area contributed by atoms with E-state index in [0.29, 0.717) is 6.42 Å². The van der Waals surface area contributed by atoms with Crippen LogP contribution in [0.15, 0.2) is 59.5 Å². The van der Waals surface area contributed by atoms with Gasteiger partial charge in [0.1, 0.15) is 6.04 Å². The Morgan fingerprint density at radius 2 is 1.69 bits per heavy atom. The van der Waals surface area contributed by atoms with Crippen molar-refractivity contribution in [3.05, 3.63) is 65.7 Å². The standard InChI is InChI=1S/C22H29N3O3S/c1-17-8-10-20(11-9-17)29(27,28)24-21(16-18-6-4-3-5-7-18)22(26)23-19-12-14-25(2)15-13-19/h3-11,19,21,24H,12-16H2,1-2H3,(H,23,26)/t21-/m0/s1. The third-order valence-electron chi connectivity index (χ3n) is 5.29. The van der Waals surface area contributed by atoms with Crippen LogP contribution in [0.1, 0.15) is 24.0 Å². The van der Waals surface area contributed by atoms with Gasteiger partial charge in [-0.1, -0.05) is 48.0 Å². The van der Waals surface area contributed by atoms with E-state index in [0.717, 1.165) is 37.1 Å². The Balaban J connectivity index is 1.76. The quantitative estimate of drug-likeness (QED) is 0.726. The molecule has 3 rings (SSSR count). The van der Waals surface area contributed by atoms with Crippen LogP contribution in [0.3, 0.4) is 0 Å². The Morgan fingerprint density at radius 1 is 1.07 bits per heavy atom. The molecule has 0 bridgehead atoms. The minimum absolute atomic E-state index is 0.0702. The van der Waals surface area contributed by atoms with Crippen LogP contribution in [0, 0.1) is 6.92 Å². The number of amides is 1. The van der Waals surface area contributed by atoms with E-state index in [1.54, 1.807) is 24.3 Å². The summed E-state index contributed by atoms with van der Waals surface area (Å²) in [7, 11) is -1.75. The van der Waals surface area contributed by atoms with Crippen LogP contribution < -0.4 is 10.0 Å². The fourth-order valence-electron chi connectivity index (χ4n) is 3.47. The average molecular weight is 416 g/mol. The first kappa shape index (κ1) is 21.5. The molecule has 7 heteroatoms. The van der Waals surface area contributed by atoms with Gasteiger partial charge in [-0.25, -0.2) is 8.42 Å². The lowest BCUT2D eigenvalue weighted by Crippen LogP contribution is -2.52. The van der Waals surface area contributed by atoms with Gasteiger partial charge in [-0.05, 0) is 64.0 Å². The zero-order chi connectivity index (χ0) is 20.9. The summed E-state index contributed by atoms with van der Waals surface area (Å²) in [6.45, 7) is 3.74. The molecule has 0 aliphatic carbocycles. The lowest BCUT2D eigenvalue weighted by atomic mass is 10.0. The largest absolute Gasteiger partial charge is 0.352 e. The number of sulfonamides is 1. The zero-order valence-electron chi connectivity index (χ0n) is 17.0. The minimum Gasteiger partial charge on any atom is -0.352 e. The normalized spacial score (nSPS) is 17.0. The summed E-state index contributed by atoms with van der Waals surface area (Å²) >= 11 is 0. The van der Waals surface area contributed by atoms with Crippen LogP contribution in [-0.2, 0) is 21.2 Å². The van der Waals surface area contributed by atoms with E-state index in [9.17, 15) is 13.2 Å². The molecule has 1 atom stereocenters. The summed E-state index contributed by atoms with van der Waals surface area (Å²) in [6, 6.07) is 15.3. The molecule has 2 aromatic carbocycles. The molecule has 0 unspecified atom stereocenters. The van der Waals surface area contributed by atoms with Gasteiger partial charge in [0.25, 0.3) is 0 Å². The molecule has 6 nitrogen and oxygen atoms in total. The van der Waals surface area contributed by atoms with Gasteiger partial charge in [-0.3, -0.25) is 4.79 Å². The van der Waals surface area contributed by atoms with Gasteiger partial charge < -0.3 is 10.2 Å². The SMILES string of the molecule is Cc1ccc(S(=O)(=O)N[C@@H](Cc2ccccc2)C(=O)NC2CCN(C)CC2)cc1. The number of hydrogen-bond acceptors (Lipinski definition) is 4. The molecule has 1 aliphatic heterocycles. The second-order valence-corrected chi connectivity index (χ2v) is 9.48. The van der Waals surface area contributed by atoms with Gasteiger partial charge in [0.2, 0.25) is 15.9 Å². The first-order valence-corrected chi connectivity index (χ1v) is 11.4. The minimum atomic E-state index is -3.81. The first-order valence-electron chi connectivity index (χ1n) is 9.95. The summed E-state index contributed by atoms with van der Waals surface area (Å²) in [5, 5.41) is 3.05. The van der Waals surface area contributed by atoms with Crippen molar-refractivity contribution in [3.63, 3.8) is 0 Å². The number of likely N-dealkylation sites (tertiary alicyclic amines) is 1. The predicted molar refractivity (Wildman–Crippen MR) is 114 cm³/mol. The Kier molecular flexibility index (Phi) is 7.05. The van der Waals surface area contributed by atoms with E-state index in [2.05, 4.69) is 22.0 Å². The monoisotopic (exact) mass is 415 g/mol. The van der Waals surface area contributed by atoms with Gasteiger partial charge in [0.05, 0.1) is 4.90 Å². The van der Waals surface area contributed by atoms with E-state index in [4.69, 9.17) is 0 Å². The van der Waals surface area contributed by atoms with Crippen LogP contribution in [0.4, 0.5) is 0 Å². The number of piperidine rings is 1. The van der Waals surface area contributed by atoms with Crippen molar-refractivity contribution in [2.45, 2.75) is 43.2 Å². The highest BCUT2D eigenvalue weighted by Crippen LogP contribution is 2.14. The van der Waals surface area contributed by atoms with Crippen molar-refractivity contribution >= 4 is 15.9 Å². The molecule has 0 saturated carbocycles. The van der Waals surface area contributed by atoms with Crippen molar-refractivity contribution in [1.82, 2.24) is 14.9 Å². The number of nitrogens with one attached hydrogen (secondary N) is 2. The van der Waals surface area contributed by atoms with Crippen molar-refractivity contribution < 1.29 is 13.2 Å². The fraction of sp³-hybridized carbons (Fsp3) is 0.409. The van der Waals surface area contributed by atoms with Crippen molar-refractivity contribution in [1.29, 1.82) is 0 Å². The number of rotatable bonds is 7. The molecule has 1 heterocycles. The maximum absolute atomic E-state index is 13.0. The summed E-state index contributed by atoms with van der Waals surface area (Å²) in [5.41, 5.74) is 1.88. The van der Waals surface area contributed by atoms with E-state index in [1.807, 2.05) is 37.3 Å². The number of nitrogens with zero attached hydrogens (tertiary/aromatic N) is 1.